The molecule has 138 valence electrons. The number of hydrogen-bond acceptors (Lipinski definition) is 5. The van der Waals surface area contributed by atoms with Gasteiger partial charge < -0.3 is 15.2 Å². The van der Waals surface area contributed by atoms with Crippen molar-refractivity contribution in [2.75, 3.05) is 13.1 Å². The zero-order valence-electron chi connectivity index (χ0n) is 15.0. The van der Waals surface area contributed by atoms with Gasteiger partial charge in [-0.05, 0) is 31.9 Å². The number of rotatable bonds is 6. The summed E-state index contributed by atoms with van der Waals surface area (Å²) >= 11 is 0. The number of nitrogens with zero attached hydrogens (tertiary/aromatic N) is 2. The topological polar surface area (TPSA) is 97.1 Å². The van der Waals surface area contributed by atoms with Crippen molar-refractivity contribution in [1.82, 2.24) is 20.8 Å². The molecule has 1 aromatic heterocycles. The summed E-state index contributed by atoms with van der Waals surface area (Å²) in [6.45, 7) is 2.54. The van der Waals surface area contributed by atoms with Crippen LogP contribution in [0.3, 0.4) is 0 Å². The van der Waals surface area contributed by atoms with Gasteiger partial charge in [-0.15, -0.1) is 0 Å². The summed E-state index contributed by atoms with van der Waals surface area (Å²) in [4.78, 5) is 28.3. The van der Waals surface area contributed by atoms with Crippen LogP contribution in [0, 0.1) is 6.92 Å². The third kappa shape index (κ3) is 4.68. The van der Waals surface area contributed by atoms with Gasteiger partial charge in [-0.3, -0.25) is 9.59 Å². The molecule has 0 spiro atoms. The van der Waals surface area contributed by atoms with Crippen LogP contribution in [0.1, 0.15) is 70.5 Å². The van der Waals surface area contributed by atoms with E-state index in [0.29, 0.717) is 23.9 Å². The van der Waals surface area contributed by atoms with Gasteiger partial charge in [0.05, 0.1) is 0 Å². The van der Waals surface area contributed by atoms with E-state index in [1.54, 1.807) is 6.07 Å². The van der Waals surface area contributed by atoms with Crippen LogP contribution in [0.4, 0.5) is 0 Å². The lowest BCUT2D eigenvalue weighted by atomic mass is 9.89. The average molecular weight is 356 g/mol. The lowest BCUT2D eigenvalue weighted by molar-refractivity contribution is 0.0898. The molecule has 0 bridgehead atoms. The average Bonchev–Trinajstić information content (AvgIpc) is 3.16. The van der Waals surface area contributed by atoms with Crippen molar-refractivity contribution in [3.05, 3.63) is 47.1 Å². The number of nitrogens with one attached hydrogen (secondary N) is 2. The maximum Gasteiger partial charge on any atom is 0.315 e. The molecule has 1 aliphatic carbocycles. The molecule has 1 heterocycles. The van der Waals surface area contributed by atoms with E-state index in [0.717, 1.165) is 18.4 Å². The molecule has 0 radical (unpaired) electrons. The van der Waals surface area contributed by atoms with Crippen LogP contribution < -0.4 is 10.6 Å². The smallest absolute Gasteiger partial charge is 0.315 e. The van der Waals surface area contributed by atoms with Crippen molar-refractivity contribution in [3.8, 4) is 0 Å². The summed E-state index contributed by atoms with van der Waals surface area (Å²) in [6.07, 6.45) is 5.68. The Kier molecular flexibility index (Phi) is 5.99. The fourth-order valence-electron chi connectivity index (χ4n) is 3.17. The molecule has 1 aromatic carbocycles. The zero-order chi connectivity index (χ0) is 18.4. The van der Waals surface area contributed by atoms with E-state index in [-0.39, 0.29) is 18.3 Å². The van der Waals surface area contributed by atoms with Crippen LogP contribution in [0.2, 0.25) is 0 Å². The standard InChI is InChI=1S/C19H24N4O3/c1-13-6-5-9-15(12-13)17(24)20-10-11-21-18(25)19-22-16(23-26-19)14-7-3-2-4-8-14/h5-6,9,12,14H,2-4,7-8,10-11H2,1H3,(H,20,24)(H,21,25). The fraction of sp³-hybridized carbons (Fsp3) is 0.474. The molecule has 7 heteroatoms. The van der Waals surface area contributed by atoms with Crippen LogP contribution in [0.15, 0.2) is 28.8 Å². The van der Waals surface area contributed by atoms with Gasteiger partial charge >= 0.3 is 11.8 Å². The second kappa shape index (κ2) is 8.60. The first-order valence-electron chi connectivity index (χ1n) is 9.10. The van der Waals surface area contributed by atoms with E-state index >= 15 is 0 Å². The van der Waals surface area contributed by atoms with E-state index in [1.807, 2.05) is 25.1 Å². The molecule has 0 saturated heterocycles. The summed E-state index contributed by atoms with van der Waals surface area (Å²) in [6, 6.07) is 7.35. The molecule has 1 saturated carbocycles. The first-order chi connectivity index (χ1) is 12.6. The highest BCUT2D eigenvalue weighted by atomic mass is 16.5. The zero-order valence-corrected chi connectivity index (χ0v) is 15.0. The van der Waals surface area contributed by atoms with Gasteiger partial charge in [0.2, 0.25) is 0 Å². The van der Waals surface area contributed by atoms with E-state index in [1.165, 1.54) is 19.3 Å². The van der Waals surface area contributed by atoms with E-state index in [2.05, 4.69) is 20.8 Å². The van der Waals surface area contributed by atoms with E-state index in [9.17, 15) is 9.59 Å². The van der Waals surface area contributed by atoms with Crippen LogP contribution in [0.25, 0.3) is 0 Å². The summed E-state index contributed by atoms with van der Waals surface area (Å²) in [5.41, 5.74) is 1.63. The predicted octanol–water partition coefficient (Wildman–Crippen LogP) is 2.59. The molecular formula is C19H24N4O3. The molecule has 0 atom stereocenters. The molecule has 7 nitrogen and oxygen atoms in total. The number of carbonyl (C=O) groups is 2. The molecule has 2 aromatic rings. The second-order valence-corrected chi connectivity index (χ2v) is 6.67. The van der Waals surface area contributed by atoms with Gasteiger partial charge in [0.25, 0.3) is 5.91 Å². The Morgan fingerprint density at radius 2 is 1.85 bits per heavy atom. The molecule has 1 fully saturated rings. The Morgan fingerprint density at radius 3 is 2.58 bits per heavy atom. The molecule has 26 heavy (non-hydrogen) atoms. The number of carbonyl (C=O) groups excluding carboxylic acids is 2. The molecule has 0 aliphatic heterocycles. The van der Waals surface area contributed by atoms with Gasteiger partial charge in [-0.1, -0.05) is 42.1 Å². The highest BCUT2D eigenvalue weighted by Gasteiger charge is 2.23. The second-order valence-electron chi connectivity index (χ2n) is 6.67. The van der Waals surface area contributed by atoms with Crippen molar-refractivity contribution in [1.29, 1.82) is 0 Å². The summed E-state index contributed by atoms with van der Waals surface area (Å²) in [5, 5.41) is 9.40. The van der Waals surface area contributed by atoms with Gasteiger partial charge in [0, 0.05) is 24.6 Å². The Balaban J connectivity index is 1.43. The summed E-state index contributed by atoms with van der Waals surface area (Å²) in [7, 11) is 0. The molecule has 3 rings (SSSR count). The normalized spacial score (nSPS) is 14.8. The van der Waals surface area contributed by atoms with E-state index in [4.69, 9.17) is 4.52 Å². The Bertz CT molecular complexity index is 766. The molecule has 0 unspecified atom stereocenters. The van der Waals surface area contributed by atoms with Gasteiger partial charge in [0.1, 0.15) is 0 Å². The van der Waals surface area contributed by atoms with Crippen molar-refractivity contribution >= 4 is 11.8 Å². The van der Waals surface area contributed by atoms with Gasteiger partial charge in [-0.2, -0.15) is 4.98 Å². The number of aromatic nitrogens is 2. The third-order valence-electron chi connectivity index (χ3n) is 4.58. The van der Waals surface area contributed by atoms with Crippen LogP contribution in [-0.2, 0) is 0 Å². The maximum absolute atomic E-state index is 12.1. The number of aryl methyl sites for hydroxylation is 1. The molecule has 2 amide bonds. The minimum Gasteiger partial charge on any atom is -0.350 e. The van der Waals surface area contributed by atoms with Crippen molar-refractivity contribution in [2.24, 2.45) is 0 Å². The van der Waals surface area contributed by atoms with Crippen LogP contribution >= 0.6 is 0 Å². The van der Waals surface area contributed by atoms with Crippen molar-refractivity contribution < 1.29 is 14.1 Å². The fourth-order valence-corrected chi connectivity index (χ4v) is 3.17. The van der Waals surface area contributed by atoms with E-state index < -0.39 is 5.91 Å². The van der Waals surface area contributed by atoms with Crippen molar-refractivity contribution in [3.63, 3.8) is 0 Å². The number of hydrogen-bond donors (Lipinski definition) is 2. The highest BCUT2D eigenvalue weighted by molar-refractivity contribution is 5.94. The highest BCUT2D eigenvalue weighted by Crippen LogP contribution is 2.30. The van der Waals surface area contributed by atoms with Crippen molar-refractivity contribution in [2.45, 2.75) is 44.9 Å². The number of amides is 2. The third-order valence-corrected chi connectivity index (χ3v) is 4.58. The first-order valence-corrected chi connectivity index (χ1v) is 9.10. The van der Waals surface area contributed by atoms with Gasteiger partial charge in [-0.25, -0.2) is 0 Å². The van der Waals surface area contributed by atoms with Crippen LogP contribution in [0.5, 0.6) is 0 Å². The lowest BCUT2D eigenvalue weighted by Crippen LogP contribution is -2.34. The Morgan fingerprint density at radius 1 is 1.12 bits per heavy atom. The van der Waals surface area contributed by atoms with Gasteiger partial charge in [0.15, 0.2) is 5.82 Å². The minimum absolute atomic E-state index is 0.0180. The largest absolute Gasteiger partial charge is 0.350 e. The molecule has 2 N–H and O–H groups in total. The minimum atomic E-state index is -0.413. The number of benzene rings is 1. The SMILES string of the molecule is Cc1cccc(C(=O)NCCNC(=O)c2nc(C3CCCCC3)no2)c1. The maximum atomic E-state index is 12.1. The lowest BCUT2D eigenvalue weighted by Gasteiger charge is -2.17. The monoisotopic (exact) mass is 356 g/mol. The predicted molar refractivity (Wildman–Crippen MR) is 96.0 cm³/mol. The quantitative estimate of drug-likeness (QED) is 0.776. The molecule has 1 aliphatic rings. The Hall–Kier alpha value is -2.70. The van der Waals surface area contributed by atoms with Crippen LogP contribution in [-0.4, -0.2) is 35.0 Å². The Labute approximate surface area is 152 Å². The molecular weight excluding hydrogens is 332 g/mol. The summed E-state index contributed by atoms with van der Waals surface area (Å²) < 4.78 is 5.08. The first kappa shape index (κ1) is 18.1. The summed E-state index contributed by atoms with van der Waals surface area (Å²) in [5.74, 6) is 0.325.